The van der Waals surface area contributed by atoms with E-state index in [0.717, 1.165) is 24.4 Å². The fraction of sp³-hybridized carbons (Fsp3) is 0.714. The van der Waals surface area contributed by atoms with E-state index in [1.54, 1.807) is 7.11 Å². The number of benzene rings is 1. The molecule has 0 heterocycles. The molecule has 0 spiro atoms. The van der Waals surface area contributed by atoms with Crippen molar-refractivity contribution in [3.8, 4) is 5.75 Å². The second-order valence-electron chi connectivity index (χ2n) is 8.60. The Morgan fingerprint density at radius 2 is 2.04 bits per heavy atom. The van der Waals surface area contributed by atoms with Crippen LogP contribution in [0.25, 0.3) is 0 Å². The number of aromatic hydroxyl groups is 1. The highest BCUT2D eigenvalue weighted by molar-refractivity contribution is 5.42. The van der Waals surface area contributed by atoms with E-state index in [2.05, 4.69) is 19.9 Å². The Hall–Kier alpha value is -1.02. The van der Waals surface area contributed by atoms with Crippen LogP contribution in [0.5, 0.6) is 5.75 Å². The third kappa shape index (κ3) is 2.25. The zero-order valence-corrected chi connectivity index (χ0v) is 14.7. The minimum absolute atomic E-state index is 0.401. The van der Waals surface area contributed by atoms with Gasteiger partial charge in [-0.05, 0) is 84.5 Å². The van der Waals surface area contributed by atoms with E-state index in [0.29, 0.717) is 23.0 Å². The zero-order chi connectivity index (χ0) is 16.2. The zero-order valence-electron chi connectivity index (χ0n) is 14.7. The molecule has 0 radical (unpaired) electrons. The first-order valence-electron chi connectivity index (χ1n) is 9.36. The second-order valence-corrected chi connectivity index (χ2v) is 8.60. The van der Waals surface area contributed by atoms with E-state index in [4.69, 9.17) is 4.74 Å². The van der Waals surface area contributed by atoms with Crippen molar-refractivity contribution in [2.24, 2.45) is 23.2 Å². The summed E-state index contributed by atoms with van der Waals surface area (Å²) in [6.07, 6.45) is 6.74. The average Bonchev–Trinajstić information content (AvgIpc) is 2.83. The number of phenols is 1. The standard InChI is InChI=1S/C21H30O2/c1-13-4-7-20-19-10-14(12-23-3)18-11-15(22)5-6-16(18)17(19)8-9-21(13,20)2/h5-6,11,13-14,17,19-20,22H,4,7-10,12H2,1-3H3/t13-,14-,17?,19?,20?,21+/m0/s1. The Balaban J connectivity index is 1.74. The van der Waals surface area contributed by atoms with Crippen molar-refractivity contribution in [3.63, 3.8) is 0 Å². The molecule has 2 heteroatoms. The molecule has 6 atom stereocenters. The molecular formula is C21H30O2. The fourth-order valence-corrected chi connectivity index (χ4v) is 6.33. The van der Waals surface area contributed by atoms with Gasteiger partial charge in [-0.25, -0.2) is 0 Å². The van der Waals surface area contributed by atoms with Crippen LogP contribution in [-0.2, 0) is 4.74 Å². The molecule has 1 aromatic rings. The van der Waals surface area contributed by atoms with Crippen LogP contribution in [0.15, 0.2) is 18.2 Å². The van der Waals surface area contributed by atoms with Gasteiger partial charge < -0.3 is 9.84 Å². The second kappa shape index (κ2) is 5.51. The van der Waals surface area contributed by atoms with Crippen LogP contribution in [0.3, 0.4) is 0 Å². The molecule has 0 bridgehead atoms. The van der Waals surface area contributed by atoms with E-state index >= 15 is 0 Å². The average molecular weight is 314 g/mol. The predicted molar refractivity (Wildman–Crippen MR) is 92.8 cm³/mol. The summed E-state index contributed by atoms with van der Waals surface area (Å²) in [6, 6.07) is 6.08. The van der Waals surface area contributed by atoms with Crippen LogP contribution in [0, 0.1) is 23.2 Å². The summed E-state index contributed by atoms with van der Waals surface area (Å²) in [4.78, 5) is 0. The maximum absolute atomic E-state index is 9.96. The molecule has 1 aromatic carbocycles. The number of fused-ring (bicyclic) bond motifs is 5. The molecule has 0 aromatic heterocycles. The summed E-state index contributed by atoms with van der Waals surface area (Å²) in [5, 5.41) is 9.96. The first kappa shape index (κ1) is 15.5. The van der Waals surface area contributed by atoms with Gasteiger partial charge >= 0.3 is 0 Å². The molecule has 2 fully saturated rings. The molecule has 2 saturated carbocycles. The molecule has 0 aliphatic heterocycles. The van der Waals surface area contributed by atoms with E-state index in [1.807, 2.05) is 12.1 Å². The summed E-state index contributed by atoms with van der Waals surface area (Å²) in [7, 11) is 1.80. The van der Waals surface area contributed by atoms with Gasteiger partial charge in [-0.15, -0.1) is 0 Å². The Bertz CT molecular complexity index is 596. The molecule has 126 valence electrons. The molecule has 4 rings (SSSR count). The number of phenolic OH excluding ortho intramolecular Hbond substituents is 1. The van der Waals surface area contributed by atoms with Gasteiger partial charge in [-0.1, -0.05) is 19.9 Å². The van der Waals surface area contributed by atoms with Crippen LogP contribution < -0.4 is 0 Å². The normalized spacial score (nSPS) is 42.0. The van der Waals surface area contributed by atoms with E-state index in [1.165, 1.54) is 43.2 Å². The largest absolute Gasteiger partial charge is 0.508 e. The molecule has 0 saturated heterocycles. The van der Waals surface area contributed by atoms with Crippen molar-refractivity contribution in [2.45, 2.75) is 57.8 Å². The van der Waals surface area contributed by atoms with Gasteiger partial charge in [0.05, 0.1) is 6.61 Å². The van der Waals surface area contributed by atoms with E-state index < -0.39 is 0 Å². The van der Waals surface area contributed by atoms with Crippen LogP contribution in [0.2, 0.25) is 0 Å². The monoisotopic (exact) mass is 314 g/mol. The van der Waals surface area contributed by atoms with Gasteiger partial charge in [0, 0.05) is 13.0 Å². The number of methoxy groups -OCH3 is 1. The maximum atomic E-state index is 9.96. The van der Waals surface area contributed by atoms with Crippen molar-refractivity contribution in [1.82, 2.24) is 0 Å². The van der Waals surface area contributed by atoms with Gasteiger partial charge in [-0.2, -0.15) is 0 Å². The molecule has 3 aliphatic carbocycles. The van der Waals surface area contributed by atoms with Crippen LogP contribution >= 0.6 is 0 Å². The highest BCUT2D eigenvalue weighted by Crippen LogP contribution is 2.64. The van der Waals surface area contributed by atoms with Gasteiger partial charge in [0.1, 0.15) is 5.75 Å². The fourth-order valence-electron chi connectivity index (χ4n) is 6.33. The molecule has 1 N–H and O–H groups in total. The third-order valence-corrected chi connectivity index (χ3v) is 7.75. The lowest BCUT2D eigenvalue weighted by atomic mass is 9.53. The van der Waals surface area contributed by atoms with Crippen LogP contribution in [-0.4, -0.2) is 18.8 Å². The highest BCUT2D eigenvalue weighted by atomic mass is 16.5. The van der Waals surface area contributed by atoms with E-state index in [9.17, 15) is 5.11 Å². The maximum Gasteiger partial charge on any atom is 0.115 e. The highest BCUT2D eigenvalue weighted by Gasteiger charge is 2.54. The summed E-state index contributed by atoms with van der Waals surface area (Å²) in [5.41, 5.74) is 3.40. The van der Waals surface area contributed by atoms with Gasteiger partial charge in [-0.3, -0.25) is 0 Å². The Morgan fingerprint density at radius 3 is 2.83 bits per heavy atom. The summed E-state index contributed by atoms with van der Waals surface area (Å²) < 4.78 is 5.53. The number of rotatable bonds is 2. The summed E-state index contributed by atoms with van der Waals surface area (Å²) in [5.74, 6) is 4.09. The van der Waals surface area contributed by atoms with Crippen molar-refractivity contribution in [1.29, 1.82) is 0 Å². The Labute approximate surface area is 140 Å². The lowest BCUT2D eigenvalue weighted by Crippen LogP contribution is -2.42. The lowest BCUT2D eigenvalue weighted by molar-refractivity contribution is 0.0223. The molecular weight excluding hydrogens is 284 g/mol. The first-order valence-corrected chi connectivity index (χ1v) is 9.36. The minimum Gasteiger partial charge on any atom is -0.508 e. The number of hydrogen-bond acceptors (Lipinski definition) is 2. The molecule has 3 unspecified atom stereocenters. The quantitative estimate of drug-likeness (QED) is 0.825. The molecule has 0 amide bonds. The smallest absolute Gasteiger partial charge is 0.115 e. The predicted octanol–water partition coefficient (Wildman–Crippen LogP) is 5.07. The van der Waals surface area contributed by atoms with Gasteiger partial charge in [0.15, 0.2) is 0 Å². The summed E-state index contributed by atoms with van der Waals surface area (Å²) in [6.45, 7) is 5.81. The minimum atomic E-state index is 0.401. The SMILES string of the molecule is COC[C@@H]1CC2C(CC[C@@]3(C)C2CC[C@@H]3C)c2ccc(O)cc21. The number of ether oxygens (including phenoxy) is 1. The molecule has 2 nitrogen and oxygen atoms in total. The lowest BCUT2D eigenvalue weighted by Gasteiger charge is -2.52. The van der Waals surface area contributed by atoms with Crippen molar-refractivity contribution in [2.75, 3.05) is 13.7 Å². The Morgan fingerprint density at radius 1 is 1.22 bits per heavy atom. The van der Waals surface area contributed by atoms with Gasteiger partial charge in [0.2, 0.25) is 0 Å². The molecule has 23 heavy (non-hydrogen) atoms. The van der Waals surface area contributed by atoms with Crippen molar-refractivity contribution >= 4 is 0 Å². The van der Waals surface area contributed by atoms with E-state index in [-0.39, 0.29) is 0 Å². The topological polar surface area (TPSA) is 29.5 Å². The Kier molecular flexibility index (Phi) is 3.72. The first-order chi connectivity index (χ1) is 11.0. The van der Waals surface area contributed by atoms with Crippen molar-refractivity contribution < 1.29 is 9.84 Å². The third-order valence-electron chi connectivity index (χ3n) is 7.75. The summed E-state index contributed by atoms with van der Waals surface area (Å²) >= 11 is 0. The van der Waals surface area contributed by atoms with Crippen LogP contribution in [0.1, 0.15) is 68.9 Å². The van der Waals surface area contributed by atoms with Crippen molar-refractivity contribution in [3.05, 3.63) is 29.3 Å². The van der Waals surface area contributed by atoms with Crippen LogP contribution in [0.4, 0.5) is 0 Å². The van der Waals surface area contributed by atoms with Gasteiger partial charge in [0.25, 0.3) is 0 Å². The molecule has 3 aliphatic rings. The number of hydrogen-bond donors (Lipinski definition) is 1.